The second-order valence-electron chi connectivity index (χ2n) is 6.38. The first-order chi connectivity index (χ1) is 11.7. The van der Waals surface area contributed by atoms with Crippen molar-refractivity contribution in [2.45, 2.75) is 52.2 Å². The number of esters is 1. The molecule has 0 aromatic heterocycles. The summed E-state index contributed by atoms with van der Waals surface area (Å²) in [4.78, 5) is 35.9. The quantitative estimate of drug-likeness (QED) is 0.577. The lowest BCUT2D eigenvalue weighted by Gasteiger charge is -2.28. The maximum atomic E-state index is 12.1. The minimum absolute atomic E-state index is 0.0130. The summed E-state index contributed by atoms with van der Waals surface area (Å²) in [7, 11) is 0. The molecule has 6 nitrogen and oxygen atoms in total. The van der Waals surface area contributed by atoms with Crippen LogP contribution in [0.25, 0.3) is 0 Å². The van der Waals surface area contributed by atoms with Crippen molar-refractivity contribution in [3.05, 3.63) is 35.9 Å². The minimum Gasteiger partial charge on any atom is -0.453 e. The Balaban J connectivity index is 2.50. The van der Waals surface area contributed by atoms with Gasteiger partial charge >= 0.3 is 5.97 Å². The number of Topliss-reactive ketones (excluding diaryl/α,β-unsaturated/α-hetero) is 1. The Labute approximate surface area is 148 Å². The van der Waals surface area contributed by atoms with Crippen LogP contribution in [0.5, 0.6) is 0 Å². The summed E-state index contributed by atoms with van der Waals surface area (Å²) in [5, 5.41) is 11.8. The van der Waals surface area contributed by atoms with Gasteiger partial charge in [0.2, 0.25) is 0 Å². The number of carbonyl (C=O) groups excluding carboxylic acids is 3. The van der Waals surface area contributed by atoms with E-state index in [0.717, 1.165) is 0 Å². The average molecular weight is 344 g/mol. The lowest BCUT2D eigenvalue weighted by atomic mass is 9.90. The molecule has 2 atom stereocenters. The number of hydrogen-bond donors (Lipinski definition) is 1. The van der Waals surface area contributed by atoms with Crippen molar-refractivity contribution < 1.29 is 19.1 Å². The largest absolute Gasteiger partial charge is 0.453 e. The first kappa shape index (κ1) is 20.4. The predicted octanol–water partition coefficient (Wildman–Crippen LogP) is 2.64. The number of amides is 1. The summed E-state index contributed by atoms with van der Waals surface area (Å²) in [6.45, 7) is 6.68. The third-order valence-electron chi connectivity index (χ3n) is 4.10. The molecule has 1 amide bonds. The Kier molecular flexibility index (Phi) is 7.31. The fraction of sp³-hybridized carbons (Fsp3) is 0.474. The number of carbonyl (C=O) groups is 3. The molecule has 0 spiro atoms. The highest BCUT2D eigenvalue weighted by Gasteiger charge is 2.32. The van der Waals surface area contributed by atoms with Gasteiger partial charge in [-0.15, -0.1) is 0 Å². The van der Waals surface area contributed by atoms with E-state index in [4.69, 9.17) is 4.74 Å². The maximum Gasteiger partial charge on any atom is 0.307 e. The van der Waals surface area contributed by atoms with Gasteiger partial charge in [0, 0.05) is 12.0 Å². The van der Waals surface area contributed by atoms with E-state index in [9.17, 15) is 19.6 Å². The van der Waals surface area contributed by atoms with Crippen LogP contribution in [-0.2, 0) is 14.3 Å². The van der Waals surface area contributed by atoms with Crippen molar-refractivity contribution in [3.63, 3.8) is 0 Å². The molecular formula is C19H24N2O4. The molecule has 1 aromatic rings. The Hall–Kier alpha value is -2.68. The van der Waals surface area contributed by atoms with E-state index >= 15 is 0 Å². The normalized spacial score (nSPS) is 14.1. The summed E-state index contributed by atoms with van der Waals surface area (Å²) >= 11 is 0. The SMILES string of the molecule is CC(C)[C@](C)(C#N)NC(=O)[C@H](C)OC(=O)CCC(=O)c1ccccc1. The smallest absolute Gasteiger partial charge is 0.307 e. The highest BCUT2D eigenvalue weighted by molar-refractivity contribution is 5.97. The van der Waals surface area contributed by atoms with Gasteiger partial charge in [0.25, 0.3) is 5.91 Å². The first-order valence-electron chi connectivity index (χ1n) is 8.20. The number of benzene rings is 1. The van der Waals surface area contributed by atoms with Gasteiger partial charge in [-0.1, -0.05) is 44.2 Å². The summed E-state index contributed by atoms with van der Waals surface area (Å²) < 4.78 is 5.06. The van der Waals surface area contributed by atoms with E-state index in [1.54, 1.807) is 37.3 Å². The molecule has 6 heteroatoms. The molecule has 0 unspecified atom stereocenters. The molecular weight excluding hydrogens is 320 g/mol. The van der Waals surface area contributed by atoms with Crippen LogP contribution >= 0.6 is 0 Å². The van der Waals surface area contributed by atoms with Crippen molar-refractivity contribution >= 4 is 17.7 Å². The van der Waals surface area contributed by atoms with Gasteiger partial charge in [0.1, 0.15) is 5.54 Å². The molecule has 1 rings (SSSR count). The van der Waals surface area contributed by atoms with Gasteiger partial charge in [0.05, 0.1) is 12.5 Å². The maximum absolute atomic E-state index is 12.1. The predicted molar refractivity (Wildman–Crippen MR) is 92.6 cm³/mol. The molecule has 134 valence electrons. The van der Waals surface area contributed by atoms with Crippen LogP contribution in [0.3, 0.4) is 0 Å². The lowest BCUT2D eigenvalue weighted by Crippen LogP contribution is -2.52. The Morgan fingerprint density at radius 1 is 1.16 bits per heavy atom. The molecule has 0 aliphatic rings. The summed E-state index contributed by atoms with van der Waals surface area (Å²) in [6.07, 6.45) is -1.13. The number of ether oxygens (including phenoxy) is 1. The third kappa shape index (κ3) is 6.03. The molecule has 0 saturated heterocycles. The molecule has 0 heterocycles. The van der Waals surface area contributed by atoms with Gasteiger partial charge in [-0.2, -0.15) is 5.26 Å². The fourth-order valence-corrected chi connectivity index (χ4v) is 1.95. The summed E-state index contributed by atoms with van der Waals surface area (Å²) in [5.41, 5.74) is -0.510. The Morgan fingerprint density at radius 2 is 1.76 bits per heavy atom. The van der Waals surface area contributed by atoms with E-state index in [0.29, 0.717) is 5.56 Å². The van der Waals surface area contributed by atoms with Crippen molar-refractivity contribution in [1.82, 2.24) is 5.32 Å². The standard InChI is InChI=1S/C19H24N2O4/c1-13(2)19(4,12-20)21-18(24)14(3)25-17(23)11-10-16(22)15-8-6-5-7-9-15/h5-9,13-14H,10-11H2,1-4H3,(H,21,24)/t14-,19-/m0/s1. The lowest BCUT2D eigenvalue weighted by molar-refractivity contribution is -0.155. The van der Waals surface area contributed by atoms with Crippen LogP contribution in [0.15, 0.2) is 30.3 Å². The number of hydrogen-bond acceptors (Lipinski definition) is 5. The molecule has 0 bridgehead atoms. The molecule has 0 radical (unpaired) electrons. The monoisotopic (exact) mass is 344 g/mol. The van der Waals surface area contributed by atoms with Crippen molar-refractivity contribution in [3.8, 4) is 6.07 Å². The van der Waals surface area contributed by atoms with Crippen molar-refractivity contribution in [2.75, 3.05) is 0 Å². The highest BCUT2D eigenvalue weighted by Crippen LogP contribution is 2.15. The van der Waals surface area contributed by atoms with Crippen LogP contribution < -0.4 is 5.32 Å². The zero-order valence-corrected chi connectivity index (χ0v) is 15.0. The zero-order chi connectivity index (χ0) is 19.0. The summed E-state index contributed by atoms with van der Waals surface area (Å²) in [5.74, 6) is -1.44. The number of nitriles is 1. The molecule has 0 saturated carbocycles. The number of nitrogens with zero attached hydrogens (tertiary/aromatic N) is 1. The van der Waals surface area contributed by atoms with Crippen LogP contribution in [0, 0.1) is 17.2 Å². The fourth-order valence-electron chi connectivity index (χ4n) is 1.95. The number of rotatable bonds is 8. The zero-order valence-electron chi connectivity index (χ0n) is 15.0. The van der Waals surface area contributed by atoms with Crippen LogP contribution in [0.2, 0.25) is 0 Å². The molecule has 1 N–H and O–H groups in total. The summed E-state index contributed by atoms with van der Waals surface area (Å²) in [6, 6.07) is 10.7. The third-order valence-corrected chi connectivity index (χ3v) is 4.10. The van der Waals surface area contributed by atoms with E-state index < -0.39 is 23.5 Å². The Bertz CT molecular complexity index is 664. The van der Waals surface area contributed by atoms with Gasteiger partial charge in [0.15, 0.2) is 11.9 Å². The number of nitrogens with one attached hydrogen (secondary N) is 1. The van der Waals surface area contributed by atoms with Gasteiger partial charge in [-0.25, -0.2) is 0 Å². The van der Waals surface area contributed by atoms with E-state index in [2.05, 4.69) is 11.4 Å². The minimum atomic E-state index is -1.04. The second-order valence-corrected chi connectivity index (χ2v) is 6.38. The molecule has 0 fully saturated rings. The molecule has 25 heavy (non-hydrogen) atoms. The molecule has 0 aliphatic heterocycles. The molecule has 1 aromatic carbocycles. The molecule has 0 aliphatic carbocycles. The van der Waals surface area contributed by atoms with Gasteiger partial charge in [-0.05, 0) is 19.8 Å². The van der Waals surface area contributed by atoms with Crippen LogP contribution in [0.1, 0.15) is 50.9 Å². The number of ketones is 1. The second kappa shape index (κ2) is 8.97. The van der Waals surface area contributed by atoms with Crippen molar-refractivity contribution in [2.24, 2.45) is 5.92 Å². The van der Waals surface area contributed by atoms with E-state index in [-0.39, 0.29) is 24.5 Å². The van der Waals surface area contributed by atoms with Crippen molar-refractivity contribution in [1.29, 1.82) is 5.26 Å². The highest BCUT2D eigenvalue weighted by atomic mass is 16.5. The van der Waals surface area contributed by atoms with Gasteiger partial charge < -0.3 is 10.1 Å². The van der Waals surface area contributed by atoms with E-state index in [1.807, 2.05) is 13.8 Å². The van der Waals surface area contributed by atoms with Gasteiger partial charge in [-0.3, -0.25) is 14.4 Å². The van der Waals surface area contributed by atoms with Crippen LogP contribution in [0.4, 0.5) is 0 Å². The Morgan fingerprint density at radius 3 is 2.28 bits per heavy atom. The van der Waals surface area contributed by atoms with Crippen LogP contribution in [-0.4, -0.2) is 29.3 Å². The van der Waals surface area contributed by atoms with E-state index in [1.165, 1.54) is 6.92 Å². The first-order valence-corrected chi connectivity index (χ1v) is 8.20. The topological polar surface area (TPSA) is 96.3 Å². The average Bonchev–Trinajstić information content (AvgIpc) is 2.59.